The van der Waals surface area contributed by atoms with Crippen LogP contribution in [0.1, 0.15) is 40.0 Å². The Morgan fingerprint density at radius 3 is 2.42 bits per heavy atom. The van der Waals surface area contributed by atoms with Crippen LogP contribution in [-0.4, -0.2) is 41.5 Å². The van der Waals surface area contributed by atoms with E-state index in [1.807, 2.05) is 6.92 Å². The van der Waals surface area contributed by atoms with Crippen molar-refractivity contribution in [2.24, 2.45) is 23.0 Å². The van der Waals surface area contributed by atoms with Gasteiger partial charge in [-0.3, -0.25) is 9.59 Å². The molecule has 3 N–H and O–H groups in total. The van der Waals surface area contributed by atoms with E-state index < -0.39 is 11.9 Å². The second-order valence-electron chi connectivity index (χ2n) is 6.42. The highest BCUT2D eigenvalue weighted by atomic mass is 16.4. The van der Waals surface area contributed by atoms with Crippen LogP contribution in [0.15, 0.2) is 0 Å². The van der Waals surface area contributed by atoms with Crippen LogP contribution in [-0.2, 0) is 9.59 Å². The Kier molecular flexibility index (Phi) is 5.35. The summed E-state index contributed by atoms with van der Waals surface area (Å²) < 4.78 is 0. The molecule has 2 atom stereocenters. The Morgan fingerprint density at radius 1 is 1.32 bits per heavy atom. The van der Waals surface area contributed by atoms with Gasteiger partial charge in [-0.2, -0.15) is 0 Å². The number of rotatable bonds is 6. The molecule has 0 radical (unpaired) electrons. The molecule has 1 heterocycles. The molecule has 1 rings (SSSR count). The average molecular weight is 270 g/mol. The maximum atomic E-state index is 12.1. The predicted molar refractivity (Wildman–Crippen MR) is 73.6 cm³/mol. The number of nitrogens with zero attached hydrogens (tertiary/aromatic N) is 1. The van der Waals surface area contributed by atoms with Gasteiger partial charge in [0.2, 0.25) is 5.91 Å². The van der Waals surface area contributed by atoms with Gasteiger partial charge in [0, 0.05) is 19.5 Å². The zero-order chi connectivity index (χ0) is 14.6. The third-order valence-corrected chi connectivity index (χ3v) is 4.12. The highest BCUT2D eigenvalue weighted by Gasteiger charge is 2.36. The first kappa shape index (κ1) is 16.0. The molecular formula is C14H26N2O3. The quantitative estimate of drug-likeness (QED) is 0.762. The van der Waals surface area contributed by atoms with Crippen LogP contribution >= 0.6 is 0 Å². The fourth-order valence-electron chi connectivity index (χ4n) is 2.61. The second-order valence-corrected chi connectivity index (χ2v) is 6.42. The van der Waals surface area contributed by atoms with E-state index in [0.717, 1.165) is 12.8 Å². The first-order valence-electron chi connectivity index (χ1n) is 6.97. The molecule has 1 amide bonds. The molecule has 19 heavy (non-hydrogen) atoms. The number of amides is 1. The normalized spacial score (nSPS) is 23.7. The van der Waals surface area contributed by atoms with Gasteiger partial charge < -0.3 is 15.7 Å². The van der Waals surface area contributed by atoms with Gasteiger partial charge in [-0.15, -0.1) is 0 Å². The Balaban J connectivity index is 2.45. The van der Waals surface area contributed by atoms with Crippen molar-refractivity contribution in [1.29, 1.82) is 0 Å². The average Bonchev–Trinajstić information content (AvgIpc) is 2.68. The summed E-state index contributed by atoms with van der Waals surface area (Å²) in [5.41, 5.74) is 5.62. The van der Waals surface area contributed by atoms with Crippen molar-refractivity contribution in [2.75, 3.05) is 19.6 Å². The molecule has 110 valence electrons. The van der Waals surface area contributed by atoms with E-state index in [1.54, 1.807) is 4.90 Å². The Labute approximate surface area is 115 Å². The Bertz CT molecular complexity index is 342. The maximum Gasteiger partial charge on any atom is 0.308 e. The number of nitrogens with two attached hydrogens (primary N) is 1. The smallest absolute Gasteiger partial charge is 0.308 e. The van der Waals surface area contributed by atoms with Crippen molar-refractivity contribution < 1.29 is 14.7 Å². The van der Waals surface area contributed by atoms with E-state index in [0.29, 0.717) is 26.1 Å². The lowest BCUT2D eigenvalue weighted by Crippen LogP contribution is -2.31. The number of carbonyl (C=O) groups excluding carboxylic acids is 1. The maximum absolute atomic E-state index is 12.1. The molecule has 1 saturated heterocycles. The molecule has 1 fully saturated rings. The standard InChI is InChI=1S/C14H26N2O3/c1-10-8-16(9-11(10)13(18)19)12(17)4-5-14(2,3)6-7-15/h10-11H,4-9,15H2,1-3H3,(H,18,19)/t10-,11-/m1/s1. The Hall–Kier alpha value is -1.10. The molecule has 0 aliphatic carbocycles. The van der Waals surface area contributed by atoms with E-state index in [2.05, 4.69) is 13.8 Å². The number of hydrogen-bond acceptors (Lipinski definition) is 3. The molecule has 0 aromatic carbocycles. The van der Waals surface area contributed by atoms with Gasteiger partial charge in [0.15, 0.2) is 0 Å². The van der Waals surface area contributed by atoms with Crippen molar-refractivity contribution in [3.63, 3.8) is 0 Å². The minimum atomic E-state index is -0.800. The van der Waals surface area contributed by atoms with Crippen LogP contribution in [0.25, 0.3) is 0 Å². The number of carboxylic acid groups (broad SMARTS) is 1. The van der Waals surface area contributed by atoms with Gasteiger partial charge in [-0.05, 0) is 30.7 Å². The summed E-state index contributed by atoms with van der Waals surface area (Å²) in [6.45, 7) is 7.66. The van der Waals surface area contributed by atoms with Crippen LogP contribution in [0.2, 0.25) is 0 Å². The van der Waals surface area contributed by atoms with E-state index in [1.165, 1.54) is 0 Å². The lowest BCUT2D eigenvalue weighted by atomic mass is 9.84. The van der Waals surface area contributed by atoms with Crippen molar-refractivity contribution in [3.05, 3.63) is 0 Å². The van der Waals surface area contributed by atoms with E-state index in [4.69, 9.17) is 10.8 Å². The number of carbonyl (C=O) groups is 2. The number of likely N-dealkylation sites (tertiary alicyclic amines) is 1. The summed E-state index contributed by atoms with van der Waals surface area (Å²) in [5.74, 6) is -1.11. The number of hydrogen-bond donors (Lipinski definition) is 2. The molecular weight excluding hydrogens is 244 g/mol. The lowest BCUT2D eigenvalue weighted by Gasteiger charge is -2.25. The molecule has 0 aromatic heterocycles. The van der Waals surface area contributed by atoms with Crippen molar-refractivity contribution >= 4 is 11.9 Å². The van der Waals surface area contributed by atoms with Gasteiger partial charge in [0.1, 0.15) is 0 Å². The van der Waals surface area contributed by atoms with Gasteiger partial charge >= 0.3 is 5.97 Å². The zero-order valence-electron chi connectivity index (χ0n) is 12.2. The van der Waals surface area contributed by atoms with Gasteiger partial charge in [-0.25, -0.2) is 0 Å². The molecule has 1 aliphatic heterocycles. The van der Waals surface area contributed by atoms with Gasteiger partial charge in [-0.1, -0.05) is 20.8 Å². The highest BCUT2D eigenvalue weighted by Crippen LogP contribution is 2.28. The van der Waals surface area contributed by atoms with E-state index >= 15 is 0 Å². The molecule has 0 aromatic rings. The summed E-state index contributed by atoms with van der Waals surface area (Å²) in [4.78, 5) is 24.8. The van der Waals surface area contributed by atoms with Crippen LogP contribution in [0, 0.1) is 17.3 Å². The molecule has 0 bridgehead atoms. The zero-order valence-corrected chi connectivity index (χ0v) is 12.2. The third kappa shape index (κ3) is 4.49. The van der Waals surface area contributed by atoms with Crippen molar-refractivity contribution in [3.8, 4) is 0 Å². The summed E-state index contributed by atoms with van der Waals surface area (Å²) in [6, 6.07) is 0. The van der Waals surface area contributed by atoms with Gasteiger partial charge in [0.25, 0.3) is 0 Å². The third-order valence-electron chi connectivity index (χ3n) is 4.12. The molecule has 0 unspecified atom stereocenters. The van der Waals surface area contributed by atoms with Crippen LogP contribution in [0.3, 0.4) is 0 Å². The SMILES string of the molecule is C[C@@H]1CN(C(=O)CCC(C)(C)CCN)C[C@H]1C(=O)O. The monoisotopic (exact) mass is 270 g/mol. The lowest BCUT2D eigenvalue weighted by molar-refractivity contribution is -0.142. The summed E-state index contributed by atoms with van der Waals surface area (Å²) in [5, 5.41) is 9.06. The fraction of sp³-hybridized carbons (Fsp3) is 0.857. The summed E-state index contributed by atoms with van der Waals surface area (Å²) >= 11 is 0. The molecule has 0 spiro atoms. The first-order valence-corrected chi connectivity index (χ1v) is 6.97. The predicted octanol–water partition coefficient (Wildman–Crippen LogP) is 1.32. The summed E-state index contributed by atoms with van der Waals surface area (Å²) in [6.07, 6.45) is 2.17. The molecule has 5 heteroatoms. The number of aliphatic carboxylic acids is 1. The first-order chi connectivity index (χ1) is 8.76. The van der Waals surface area contributed by atoms with Crippen LogP contribution in [0.5, 0.6) is 0 Å². The molecule has 0 saturated carbocycles. The molecule has 5 nitrogen and oxygen atoms in total. The van der Waals surface area contributed by atoms with Gasteiger partial charge in [0.05, 0.1) is 5.92 Å². The highest BCUT2D eigenvalue weighted by molar-refractivity contribution is 5.79. The largest absolute Gasteiger partial charge is 0.481 e. The van der Waals surface area contributed by atoms with Crippen LogP contribution in [0.4, 0.5) is 0 Å². The Morgan fingerprint density at radius 2 is 1.95 bits per heavy atom. The van der Waals surface area contributed by atoms with Crippen molar-refractivity contribution in [1.82, 2.24) is 4.90 Å². The second kappa shape index (κ2) is 6.37. The fourth-order valence-corrected chi connectivity index (χ4v) is 2.61. The summed E-state index contributed by atoms with van der Waals surface area (Å²) in [7, 11) is 0. The van der Waals surface area contributed by atoms with Crippen LogP contribution < -0.4 is 5.73 Å². The molecule has 1 aliphatic rings. The topological polar surface area (TPSA) is 83.6 Å². The number of carboxylic acids is 1. The minimum absolute atomic E-state index is 0.0403. The minimum Gasteiger partial charge on any atom is -0.481 e. The van der Waals surface area contributed by atoms with E-state index in [9.17, 15) is 9.59 Å². The van der Waals surface area contributed by atoms with Crippen molar-refractivity contribution in [2.45, 2.75) is 40.0 Å². The van der Waals surface area contributed by atoms with E-state index in [-0.39, 0.29) is 17.2 Å².